The van der Waals surface area contributed by atoms with Gasteiger partial charge >= 0.3 is 0 Å². The lowest BCUT2D eigenvalue weighted by atomic mass is 10.0. The summed E-state index contributed by atoms with van der Waals surface area (Å²) in [4.78, 5) is 13.0. The number of carbonyl (C=O) groups excluding carboxylic acids is 1. The Hall–Kier alpha value is -1.73. The summed E-state index contributed by atoms with van der Waals surface area (Å²) in [7, 11) is 0. The van der Waals surface area contributed by atoms with E-state index >= 15 is 0 Å². The molecule has 2 aliphatic heterocycles. The molecule has 2 N–H and O–H groups in total. The van der Waals surface area contributed by atoms with Crippen molar-refractivity contribution in [2.24, 2.45) is 5.73 Å². The Balaban J connectivity index is 1.76. The molecule has 7 heteroatoms. The van der Waals surface area contributed by atoms with E-state index in [0.717, 1.165) is 19.4 Å². The van der Waals surface area contributed by atoms with Crippen molar-refractivity contribution >= 4 is 11.7 Å². The van der Waals surface area contributed by atoms with Crippen molar-refractivity contribution in [3.05, 3.63) is 17.8 Å². The first kappa shape index (κ1) is 12.3. The third kappa shape index (κ3) is 2.39. The molecular formula is C12H16N4O3. The van der Waals surface area contributed by atoms with Crippen LogP contribution in [0.4, 0.5) is 5.82 Å². The van der Waals surface area contributed by atoms with Crippen molar-refractivity contribution in [2.75, 3.05) is 31.2 Å². The molecule has 0 aliphatic carbocycles. The van der Waals surface area contributed by atoms with Gasteiger partial charge in [-0.2, -0.15) is 0 Å². The Labute approximate surface area is 110 Å². The fourth-order valence-electron chi connectivity index (χ4n) is 2.54. The van der Waals surface area contributed by atoms with E-state index in [4.69, 9.17) is 15.2 Å². The standard InChI is InChI=1S/C12H16N4O3/c13-11(17)9-2-3-10(15-14-9)16-5-1-4-12(8-16)18-6-7-19-12/h2-3H,1,4-8H2,(H2,13,17). The van der Waals surface area contributed by atoms with Crippen molar-refractivity contribution in [1.82, 2.24) is 10.2 Å². The second-order valence-electron chi connectivity index (χ2n) is 4.77. The van der Waals surface area contributed by atoms with Crippen LogP contribution >= 0.6 is 0 Å². The number of piperidine rings is 1. The number of ether oxygens (including phenoxy) is 2. The Morgan fingerprint density at radius 2 is 2.11 bits per heavy atom. The fraction of sp³-hybridized carbons (Fsp3) is 0.583. The van der Waals surface area contributed by atoms with Crippen LogP contribution in [0.2, 0.25) is 0 Å². The molecule has 0 saturated carbocycles. The number of aromatic nitrogens is 2. The van der Waals surface area contributed by atoms with Crippen LogP contribution in [0.1, 0.15) is 23.3 Å². The zero-order valence-corrected chi connectivity index (χ0v) is 10.5. The Kier molecular flexibility index (Phi) is 3.08. The highest BCUT2D eigenvalue weighted by atomic mass is 16.7. The maximum Gasteiger partial charge on any atom is 0.269 e. The highest BCUT2D eigenvalue weighted by molar-refractivity contribution is 5.90. The van der Waals surface area contributed by atoms with E-state index < -0.39 is 11.7 Å². The molecule has 2 fully saturated rings. The second-order valence-corrected chi connectivity index (χ2v) is 4.77. The van der Waals surface area contributed by atoms with E-state index in [1.54, 1.807) is 12.1 Å². The molecule has 2 aliphatic rings. The van der Waals surface area contributed by atoms with Gasteiger partial charge in [0.25, 0.3) is 5.91 Å². The molecule has 1 aromatic rings. The number of nitrogens with zero attached hydrogens (tertiary/aromatic N) is 3. The van der Waals surface area contributed by atoms with Gasteiger partial charge in [0.15, 0.2) is 17.3 Å². The third-order valence-corrected chi connectivity index (χ3v) is 3.46. The van der Waals surface area contributed by atoms with Crippen LogP contribution in [-0.4, -0.2) is 48.2 Å². The van der Waals surface area contributed by atoms with Crippen molar-refractivity contribution in [3.8, 4) is 0 Å². The van der Waals surface area contributed by atoms with Crippen LogP contribution in [0.15, 0.2) is 12.1 Å². The van der Waals surface area contributed by atoms with Gasteiger partial charge in [-0.3, -0.25) is 4.79 Å². The van der Waals surface area contributed by atoms with Crippen LogP contribution < -0.4 is 10.6 Å². The summed E-state index contributed by atoms with van der Waals surface area (Å²) < 4.78 is 11.4. The molecule has 1 spiro atoms. The zero-order chi connectivity index (χ0) is 13.3. The number of nitrogens with two attached hydrogens (primary N) is 1. The van der Waals surface area contributed by atoms with E-state index in [9.17, 15) is 4.79 Å². The van der Waals surface area contributed by atoms with Gasteiger partial charge in [0.05, 0.1) is 19.8 Å². The molecule has 0 atom stereocenters. The number of carbonyl (C=O) groups is 1. The second kappa shape index (κ2) is 4.75. The quantitative estimate of drug-likeness (QED) is 0.803. The molecule has 2 saturated heterocycles. The first-order valence-electron chi connectivity index (χ1n) is 6.35. The van der Waals surface area contributed by atoms with E-state index in [0.29, 0.717) is 25.6 Å². The zero-order valence-electron chi connectivity index (χ0n) is 10.5. The largest absolute Gasteiger partial charge is 0.364 e. The highest BCUT2D eigenvalue weighted by Crippen LogP contribution is 2.31. The van der Waals surface area contributed by atoms with Gasteiger partial charge in [-0.1, -0.05) is 0 Å². The van der Waals surface area contributed by atoms with Gasteiger partial charge in [0.1, 0.15) is 0 Å². The fourth-order valence-corrected chi connectivity index (χ4v) is 2.54. The van der Waals surface area contributed by atoms with Gasteiger partial charge in [-0.25, -0.2) is 0 Å². The third-order valence-electron chi connectivity index (χ3n) is 3.46. The smallest absolute Gasteiger partial charge is 0.269 e. The number of amides is 1. The average molecular weight is 264 g/mol. The first-order chi connectivity index (χ1) is 9.19. The summed E-state index contributed by atoms with van der Waals surface area (Å²) in [6.45, 7) is 2.79. The monoisotopic (exact) mass is 264 g/mol. The molecule has 102 valence electrons. The molecule has 7 nitrogen and oxygen atoms in total. The summed E-state index contributed by atoms with van der Waals surface area (Å²) in [5.41, 5.74) is 5.31. The van der Waals surface area contributed by atoms with Crippen LogP contribution in [0.25, 0.3) is 0 Å². The van der Waals surface area contributed by atoms with E-state index in [2.05, 4.69) is 15.1 Å². The lowest BCUT2D eigenvalue weighted by Gasteiger charge is -2.38. The molecule has 0 radical (unpaired) electrons. The normalized spacial score (nSPS) is 21.8. The minimum atomic E-state index is -0.573. The van der Waals surface area contributed by atoms with Gasteiger partial charge < -0.3 is 20.1 Å². The topological polar surface area (TPSA) is 90.6 Å². The number of primary amides is 1. The van der Waals surface area contributed by atoms with Gasteiger partial charge in [0.2, 0.25) is 0 Å². The van der Waals surface area contributed by atoms with E-state index in [1.807, 2.05) is 0 Å². The van der Waals surface area contributed by atoms with Crippen LogP contribution in [0.5, 0.6) is 0 Å². The maximum atomic E-state index is 11.0. The predicted octanol–water partition coefficient (Wildman–Crippen LogP) is -0.0812. The van der Waals surface area contributed by atoms with Crippen LogP contribution in [0, 0.1) is 0 Å². The minimum absolute atomic E-state index is 0.170. The van der Waals surface area contributed by atoms with Crippen molar-refractivity contribution in [3.63, 3.8) is 0 Å². The highest BCUT2D eigenvalue weighted by Gasteiger charge is 2.41. The van der Waals surface area contributed by atoms with E-state index in [-0.39, 0.29) is 5.69 Å². The van der Waals surface area contributed by atoms with Crippen molar-refractivity contribution in [1.29, 1.82) is 0 Å². The molecule has 19 heavy (non-hydrogen) atoms. The van der Waals surface area contributed by atoms with Crippen LogP contribution in [-0.2, 0) is 9.47 Å². The lowest BCUT2D eigenvalue weighted by Crippen LogP contribution is -2.49. The number of hydrogen-bond donors (Lipinski definition) is 1. The molecule has 0 aromatic carbocycles. The van der Waals surface area contributed by atoms with Gasteiger partial charge in [-0.15, -0.1) is 10.2 Å². The summed E-state index contributed by atoms with van der Waals surface area (Å²) in [5, 5.41) is 7.86. The van der Waals surface area contributed by atoms with E-state index in [1.165, 1.54) is 0 Å². The average Bonchev–Trinajstić information content (AvgIpc) is 2.87. The van der Waals surface area contributed by atoms with Crippen molar-refractivity contribution in [2.45, 2.75) is 18.6 Å². The molecular weight excluding hydrogens is 248 g/mol. The number of hydrogen-bond acceptors (Lipinski definition) is 6. The number of anilines is 1. The predicted molar refractivity (Wildman–Crippen MR) is 66.6 cm³/mol. The molecule has 1 aromatic heterocycles. The summed E-state index contributed by atoms with van der Waals surface area (Å²) >= 11 is 0. The number of rotatable bonds is 2. The van der Waals surface area contributed by atoms with Gasteiger partial charge in [-0.05, 0) is 18.6 Å². The summed E-state index contributed by atoms with van der Waals surface area (Å²) in [5.74, 6) is -0.359. The Morgan fingerprint density at radius 3 is 2.74 bits per heavy atom. The summed E-state index contributed by atoms with van der Waals surface area (Å²) in [6.07, 6.45) is 1.87. The molecule has 0 unspecified atom stereocenters. The molecule has 1 amide bonds. The van der Waals surface area contributed by atoms with Crippen LogP contribution in [0.3, 0.4) is 0 Å². The molecule has 3 rings (SSSR count). The lowest BCUT2D eigenvalue weighted by molar-refractivity contribution is -0.161. The SMILES string of the molecule is NC(=O)c1ccc(N2CCCC3(C2)OCCO3)nn1. The minimum Gasteiger partial charge on any atom is -0.364 e. The summed E-state index contributed by atoms with van der Waals surface area (Å²) in [6, 6.07) is 3.34. The first-order valence-corrected chi connectivity index (χ1v) is 6.35. The molecule has 3 heterocycles. The van der Waals surface area contributed by atoms with Crippen molar-refractivity contribution < 1.29 is 14.3 Å². The Bertz CT molecular complexity index is 470. The Morgan fingerprint density at radius 1 is 1.32 bits per heavy atom. The molecule has 0 bridgehead atoms. The van der Waals surface area contributed by atoms with Gasteiger partial charge in [0, 0.05) is 13.0 Å². The maximum absolute atomic E-state index is 11.0.